The van der Waals surface area contributed by atoms with E-state index in [0.29, 0.717) is 5.69 Å². The Labute approximate surface area is 110 Å². The van der Waals surface area contributed by atoms with E-state index >= 15 is 0 Å². The predicted molar refractivity (Wildman–Crippen MR) is 72.4 cm³/mol. The van der Waals surface area contributed by atoms with Crippen molar-refractivity contribution >= 4 is 22.9 Å². The van der Waals surface area contributed by atoms with Crippen molar-refractivity contribution < 1.29 is 13.9 Å². The standard InChI is InChI=1S/C12H16F2N2OS/c1-8-6-9(2-3-10(8)12(15)18)16(4-5-17)7-11(13)14/h2-3,6,11,17H,4-5,7H2,1H3,(H2,15,18). The summed E-state index contributed by atoms with van der Waals surface area (Å²) in [5.74, 6) is 0. The van der Waals surface area contributed by atoms with Crippen molar-refractivity contribution in [2.45, 2.75) is 13.3 Å². The summed E-state index contributed by atoms with van der Waals surface area (Å²) >= 11 is 4.88. The summed E-state index contributed by atoms with van der Waals surface area (Å²) in [6.45, 7) is 1.39. The Morgan fingerprint density at radius 1 is 1.50 bits per heavy atom. The van der Waals surface area contributed by atoms with E-state index in [9.17, 15) is 8.78 Å². The molecule has 0 saturated carbocycles. The Hall–Kier alpha value is -1.27. The maximum Gasteiger partial charge on any atom is 0.255 e. The fourth-order valence-electron chi connectivity index (χ4n) is 1.73. The highest BCUT2D eigenvalue weighted by molar-refractivity contribution is 7.80. The van der Waals surface area contributed by atoms with Crippen LogP contribution in [0.3, 0.4) is 0 Å². The van der Waals surface area contributed by atoms with Crippen molar-refractivity contribution in [3.8, 4) is 0 Å². The average molecular weight is 274 g/mol. The first-order chi connectivity index (χ1) is 8.45. The molecule has 18 heavy (non-hydrogen) atoms. The van der Waals surface area contributed by atoms with Gasteiger partial charge in [0.05, 0.1) is 13.2 Å². The van der Waals surface area contributed by atoms with Crippen LogP contribution in [0.4, 0.5) is 14.5 Å². The van der Waals surface area contributed by atoms with Crippen LogP contribution in [0.15, 0.2) is 18.2 Å². The number of nitrogens with zero attached hydrogens (tertiary/aromatic N) is 1. The highest BCUT2D eigenvalue weighted by Crippen LogP contribution is 2.20. The van der Waals surface area contributed by atoms with Crippen LogP contribution in [0, 0.1) is 6.92 Å². The summed E-state index contributed by atoms with van der Waals surface area (Å²) < 4.78 is 24.9. The Balaban J connectivity index is 2.98. The summed E-state index contributed by atoms with van der Waals surface area (Å²) in [4.78, 5) is 1.71. The van der Waals surface area contributed by atoms with Crippen LogP contribution in [0.1, 0.15) is 11.1 Å². The zero-order valence-electron chi connectivity index (χ0n) is 10.1. The van der Waals surface area contributed by atoms with Gasteiger partial charge in [-0.05, 0) is 30.7 Å². The van der Waals surface area contributed by atoms with Crippen LogP contribution in [-0.4, -0.2) is 36.2 Å². The van der Waals surface area contributed by atoms with E-state index in [1.807, 2.05) is 6.92 Å². The van der Waals surface area contributed by atoms with Gasteiger partial charge in [-0.25, -0.2) is 8.78 Å². The van der Waals surface area contributed by atoms with Crippen molar-refractivity contribution in [2.75, 3.05) is 24.6 Å². The molecule has 1 aromatic carbocycles. The number of aryl methyl sites for hydroxylation is 1. The number of hydrogen-bond donors (Lipinski definition) is 2. The minimum Gasteiger partial charge on any atom is -0.395 e. The first-order valence-corrected chi connectivity index (χ1v) is 5.91. The van der Waals surface area contributed by atoms with Gasteiger partial charge >= 0.3 is 0 Å². The molecular weight excluding hydrogens is 258 g/mol. The normalized spacial score (nSPS) is 10.7. The number of aliphatic hydroxyl groups is 1. The van der Waals surface area contributed by atoms with E-state index in [1.54, 1.807) is 18.2 Å². The Morgan fingerprint density at radius 3 is 2.61 bits per heavy atom. The number of thiocarbonyl (C=S) groups is 1. The molecule has 1 aromatic rings. The van der Waals surface area contributed by atoms with E-state index < -0.39 is 13.0 Å². The average Bonchev–Trinajstić information content (AvgIpc) is 2.27. The SMILES string of the molecule is Cc1cc(N(CCO)CC(F)F)ccc1C(N)=S. The molecule has 0 unspecified atom stereocenters. The molecule has 0 fully saturated rings. The largest absolute Gasteiger partial charge is 0.395 e. The number of halogens is 2. The van der Waals surface area contributed by atoms with Crippen LogP contribution in [0.25, 0.3) is 0 Å². The number of benzene rings is 1. The molecule has 1 rings (SSSR count). The lowest BCUT2D eigenvalue weighted by molar-refractivity contribution is 0.153. The van der Waals surface area contributed by atoms with Gasteiger partial charge in [0.1, 0.15) is 4.99 Å². The molecule has 0 aliphatic rings. The number of nitrogens with two attached hydrogens (primary N) is 1. The van der Waals surface area contributed by atoms with Gasteiger partial charge in [-0.15, -0.1) is 0 Å². The quantitative estimate of drug-likeness (QED) is 0.775. The molecular formula is C12H16F2N2OS. The summed E-state index contributed by atoms with van der Waals surface area (Å²) in [7, 11) is 0. The minimum atomic E-state index is -2.45. The van der Waals surface area contributed by atoms with Gasteiger partial charge < -0.3 is 15.7 Å². The van der Waals surface area contributed by atoms with E-state index in [1.165, 1.54) is 4.90 Å². The van der Waals surface area contributed by atoms with Crippen LogP contribution in [0.2, 0.25) is 0 Å². The summed E-state index contributed by atoms with van der Waals surface area (Å²) in [5.41, 5.74) is 7.73. The summed E-state index contributed by atoms with van der Waals surface area (Å²) in [6, 6.07) is 5.13. The van der Waals surface area contributed by atoms with Gasteiger partial charge in [0, 0.05) is 17.8 Å². The third-order valence-electron chi connectivity index (χ3n) is 2.57. The molecule has 0 heterocycles. The molecule has 0 radical (unpaired) electrons. The van der Waals surface area contributed by atoms with E-state index in [2.05, 4.69) is 0 Å². The van der Waals surface area contributed by atoms with E-state index in [-0.39, 0.29) is 18.1 Å². The highest BCUT2D eigenvalue weighted by Gasteiger charge is 2.13. The summed E-state index contributed by atoms with van der Waals surface area (Å²) in [6.07, 6.45) is -2.45. The molecule has 6 heteroatoms. The van der Waals surface area contributed by atoms with Crippen LogP contribution in [0.5, 0.6) is 0 Å². The second kappa shape index (κ2) is 6.61. The van der Waals surface area contributed by atoms with Crippen molar-refractivity contribution in [1.82, 2.24) is 0 Å². The summed E-state index contributed by atoms with van der Waals surface area (Å²) in [5, 5.41) is 8.90. The van der Waals surface area contributed by atoms with Crippen LogP contribution < -0.4 is 10.6 Å². The van der Waals surface area contributed by atoms with E-state index in [4.69, 9.17) is 23.1 Å². The van der Waals surface area contributed by atoms with Crippen molar-refractivity contribution in [3.05, 3.63) is 29.3 Å². The molecule has 0 amide bonds. The lowest BCUT2D eigenvalue weighted by Crippen LogP contribution is -2.31. The maximum absolute atomic E-state index is 12.4. The Morgan fingerprint density at radius 2 is 2.17 bits per heavy atom. The molecule has 0 saturated heterocycles. The second-order valence-corrected chi connectivity index (χ2v) is 4.36. The molecule has 0 spiro atoms. The van der Waals surface area contributed by atoms with Crippen molar-refractivity contribution in [3.63, 3.8) is 0 Å². The molecule has 3 nitrogen and oxygen atoms in total. The topological polar surface area (TPSA) is 49.5 Å². The number of anilines is 1. The van der Waals surface area contributed by atoms with Crippen molar-refractivity contribution in [2.24, 2.45) is 5.73 Å². The number of rotatable bonds is 6. The second-order valence-electron chi connectivity index (χ2n) is 3.92. The van der Waals surface area contributed by atoms with E-state index in [0.717, 1.165) is 11.1 Å². The third kappa shape index (κ3) is 3.89. The Bertz CT molecular complexity index is 427. The van der Waals surface area contributed by atoms with Gasteiger partial charge in [0.2, 0.25) is 0 Å². The molecule has 0 atom stereocenters. The van der Waals surface area contributed by atoms with Crippen LogP contribution >= 0.6 is 12.2 Å². The monoisotopic (exact) mass is 274 g/mol. The Kier molecular flexibility index (Phi) is 5.43. The molecule has 3 N–H and O–H groups in total. The number of hydrogen-bond acceptors (Lipinski definition) is 3. The fourth-order valence-corrected chi connectivity index (χ4v) is 1.96. The first kappa shape index (κ1) is 14.8. The van der Waals surface area contributed by atoms with Crippen molar-refractivity contribution in [1.29, 1.82) is 0 Å². The van der Waals surface area contributed by atoms with Gasteiger partial charge in [-0.2, -0.15) is 0 Å². The fraction of sp³-hybridized carbons (Fsp3) is 0.417. The van der Waals surface area contributed by atoms with Gasteiger partial charge in [0.15, 0.2) is 0 Å². The van der Waals surface area contributed by atoms with Gasteiger partial charge in [-0.1, -0.05) is 12.2 Å². The molecule has 0 aromatic heterocycles. The third-order valence-corrected chi connectivity index (χ3v) is 2.79. The molecule has 0 bridgehead atoms. The zero-order valence-corrected chi connectivity index (χ0v) is 10.9. The molecule has 0 aliphatic heterocycles. The lowest BCUT2D eigenvalue weighted by Gasteiger charge is -2.24. The molecule has 0 aliphatic carbocycles. The predicted octanol–water partition coefficient (Wildman–Crippen LogP) is 1.69. The lowest BCUT2D eigenvalue weighted by atomic mass is 10.1. The smallest absolute Gasteiger partial charge is 0.255 e. The van der Waals surface area contributed by atoms with Gasteiger partial charge in [-0.3, -0.25) is 0 Å². The minimum absolute atomic E-state index is 0.163. The van der Waals surface area contributed by atoms with Crippen LogP contribution in [-0.2, 0) is 0 Å². The zero-order chi connectivity index (χ0) is 13.7. The highest BCUT2D eigenvalue weighted by atomic mass is 32.1. The number of aliphatic hydroxyl groups excluding tert-OH is 1. The molecule has 100 valence electrons. The number of alkyl halides is 2. The first-order valence-electron chi connectivity index (χ1n) is 5.50. The van der Waals surface area contributed by atoms with Gasteiger partial charge in [0.25, 0.3) is 6.43 Å². The maximum atomic E-state index is 12.4.